The Balaban J connectivity index is 1.91. The van der Waals surface area contributed by atoms with E-state index < -0.39 is 9.05 Å². The molecule has 0 aliphatic heterocycles. The van der Waals surface area contributed by atoms with Gasteiger partial charge in [0.15, 0.2) is 0 Å². The molecule has 1 aliphatic carbocycles. The molecule has 106 valence electrons. The van der Waals surface area contributed by atoms with E-state index in [1.165, 1.54) is 18.7 Å². The lowest BCUT2D eigenvalue weighted by atomic mass is 10.1. The maximum Gasteiger partial charge on any atom is 0.267 e. The summed E-state index contributed by atoms with van der Waals surface area (Å²) < 4.78 is 22.2. The minimum atomic E-state index is -3.79. The van der Waals surface area contributed by atoms with Gasteiger partial charge in [-0.25, -0.2) is 8.42 Å². The normalized spacial score (nSPS) is 23.5. The zero-order valence-electron chi connectivity index (χ0n) is 10.6. The summed E-state index contributed by atoms with van der Waals surface area (Å²) in [6.45, 7) is 2.84. The van der Waals surface area contributed by atoms with Gasteiger partial charge >= 0.3 is 0 Å². The molecule has 7 heteroatoms. The Morgan fingerprint density at radius 1 is 1.53 bits per heavy atom. The van der Waals surface area contributed by atoms with E-state index in [0.717, 1.165) is 18.8 Å². The molecule has 19 heavy (non-hydrogen) atoms. The molecule has 2 N–H and O–H groups in total. The van der Waals surface area contributed by atoms with Crippen LogP contribution in [-0.4, -0.2) is 25.9 Å². The standard InChI is InChI=1S/C12H17ClN2O3S/c1-8-2-3-9(4-8)6-15-12(16)11-5-10(7-14-11)19(13,17)18/h5,7-9,14H,2-4,6H2,1H3,(H,15,16). The van der Waals surface area contributed by atoms with Gasteiger partial charge in [0, 0.05) is 23.4 Å². The average molecular weight is 305 g/mol. The van der Waals surface area contributed by atoms with E-state index in [0.29, 0.717) is 12.5 Å². The Labute approximate surface area is 117 Å². The number of H-pyrrole nitrogens is 1. The average Bonchev–Trinajstić information content (AvgIpc) is 2.93. The highest BCUT2D eigenvalue weighted by atomic mass is 35.7. The molecule has 0 aromatic carbocycles. The van der Waals surface area contributed by atoms with Crippen LogP contribution < -0.4 is 5.32 Å². The van der Waals surface area contributed by atoms with Crippen LogP contribution in [0.3, 0.4) is 0 Å². The van der Waals surface area contributed by atoms with Gasteiger partial charge in [-0.1, -0.05) is 13.3 Å². The predicted octanol–water partition coefficient (Wildman–Crippen LogP) is 2.11. The summed E-state index contributed by atoms with van der Waals surface area (Å²) in [7, 11) is 1.40. The number of hydrogen-bond donors (Lipinski definition) is 2. The molecule has 0 saturated heterocycles. The Hall–Kier alpha value is -1.01. The van der Waals surface area contributed by atoms with E-state index >= 15 is 0 Å². The predicted molar refractivity (Wildman–Crippen MR) is 72.7 cm³/mol. The van der Waals surface area contributed by atoms with Gasteiger partial charge in [-0.2, -0.15) is 0 Å². The lowest BCUT2D eigenvalue weighted by Crippen LogP contribution is -2.28. The van der Waals surface area contributed by atoms with Gasteiger partial charge in [0.2, 0.25) is 0 Å². The number of aromatic amines is 1. The van der Waals surface area contributed by atoms with E-state index in [1.807, 2.05) is 0 Å². The molecular formula is C12H17ClN2O3S. The number of rotatable bonds is 4. The fourth-order valence-corrected chi connectivity index (χ4v) is 3.21. The number of aromatic nitrogens is 1. The van der Waals surface area contributed by atoms with Crippen LogP contribution in [0.4, 0.5) is 0 Å². The zero-order chi connectivity index (χ0) is 14.0. The second-order valence-electron chi connectivity index (χ2n) is 5.18. The van der Waals surface area contributed by atoms with Crippen LogP contribution in [-0.2, 0) is 9.05 Å². The third kappa shape index (κ3) is 3.73. The lowest BCUT2D eigenvalue weighted by molar-refractivity contribution is 0.0942. The monoisotopic (exact) mass is 304 g/mol. The number of hydrogen-bond acceptors (Lipinski definition) is 3. The van der Waals surface area contributed by atoms with Crippen molar-refractivity contribution in [2.24, 2.45) is 11.8 Å². The lowest BCUT2D eigenvalue weighted by Gasteiger charge is -2.10. The summed E-state index contributed by atoms with van der Waals surface area (Å²) in [5, 5.41) is 2.82. The molecule has 0 spiro atoms. The quantitative estimate of drug-likeness (QED) is 0.836. The molecule has 0 radical (unpaired) electrons. The van der Waals surface area contributed by atoms with Crippen LogP contribution in [0.2, 0.25) is 0 Å². The summed E-state index contributed by atoms with van der Waals surface area (Å²) in [5.74, 6) is 0.941. The van der Waals surface area contributed by atoms with Crippen molar-refractivity contribution in [1.82, 2.24) is 10.3 Å². The second kappa shape index (κ2) is 5.54. The molecule has 2 rings (SSSR count). The molecular weight excluding hydrogens is 288 g/mol. The maximum atomic E-state index is 11.8. The van der Waals surface area contributed by atoms with Crippen LogP contribution in [0.5, 0.6) is 0 Å². The van der Waals surface area contributed by atoms with Crippen molar-refractivity contribution in [2.45, 2.75) is 31.1 Å². The Kier molecular flexibility index (Phi) is 4.20. The van der Waals surface area contributed by atoms with Crippen molar-refractivity contribution in [2.75, 3.05) is 6.54 Å². The molecule has 2 atom stereocenters. The van der Waals surface area contributed by atoms with Crippen LogP contribution in [0.25, 0.3) is 0 Å². The largest absolute Gasteiger partial charge is 0.356 e. The Bertz CT molecular complexity index is 567. The van der Waals surface area contributed by atoms with Crippen LogP contribution >= 0.6 is 10.7 Å². The van der Waals surface area contributed by atoms with Crippen molar-refractivity contribution in [3.05, 3.63) is 18.0 Å². The Morgan fingerprint density at radius 2 is 2.26 bits per heavy atom. The minimum Gasteiger partial charge on any atom is -0.356 e. The molecule has 1 heterocycles. The van der Waals surface area contributed by atoms with Crippen molar-refractivity contribution < 1.29 is 13.2 Å². The number of carbonyl (C=O) groups is 1. The van der Waals surface area contributed by atoms with Gasteiger partial charge in [0.05, 0.1) is 0 Å². The molecule has 1 aromatic heterocycles. The highest BCUT2D eigenvalue weighted by Gasteiger charge is 2.22. The van der Waals surface area contributed by atoms with E-state index in [2.05, 4.69) is 17.2 Å². The summed E-state index contributed by atoms with van der Waals surface area (Å²) in [6.07, 6.45) is 4.69. The van der Waals surface area contributed by atoms with E-state index in [4.69, 9.17) is 10.7 Å². The fourth-order valence-electron chi connectivity index (χ4n) is 2.49. The van der Waals surface area contributed by atoms with Crippen molar-refractivity contribution in [3.63, 3.8) is 0 Å². The number of halogens is 1. The summed E-state index contributed by atoms with van der Waals surface area (Å²) in [6, 6.07) is 1.24. The fraction of sp³-hybridized carbons (Fsp3) is 0.583. The minimum absolute atomic E-state index is 0.0891. The van der Waals surface area contributed by atoms with Crippen LogP contribution in [0, 0.1) is 11.8 Å². The first kappa shape index (κ1) is 14.4. The number of amides is 1. The van der Waals surface area contributed by atoms with E-state index in [1.54, 1.807) is 0 Å². The SMILES string of the molecule is CC1CCC(CNC(=O)c2cc(S(=O)(=O)Cl)c[nH]2)C1. The smallest absolute Gasteiger partial charge is 0.267 e. The molecule has 1 fully saturated rings. The van der Waals surface area contributed by atoms with Crippen LogP contribution in [0.1, 0.15) is 36.7 Å². The maximum absolute atomic E-state index is 11.8. The zero-order valence-corrected chi connectivity index (χ0v) is 12.2. The van der Waals surface area contributed by atoms with Crippen LogP contribution in [0.15, 0.2) is 17.2 Å². The van der Waals surface area contributed by atoms with Gasteiger partial charge in [0.25, 0.3) is 15.0 Å². The number of carbonyl (C=O) groups excluding carboxylic acids is 1. The van der Waals surface area contributed by atoms with E-state index in [9.17, 15) is 13.2 Å². The molecule has 1 aliphatic rings. The third-order valence-electron chi connectivity index (χ3n) is 3.54. The van der Waals surface area contributed by atoms with Gasteiger partial charge in [-0.05, 0) is 30.7 Å². The molecule has 1 aromatic rings. The van der Waals surface area contributed by atoms with Gasteiger partial charge in [-0.3, -0.25) is 4.79 Å². The van der Waals surface area contributed by atoms with Crippen molar-refractivity contribution >= 4 is 25.6 Å². The van der Waals surface area contributed by atoms with Gasteiger partial charge < -0.3 is 10.3 Å². The second-order valence-corrected chi connectivity index (χ2v) is 7.75. The summed E-state index contributed by atoms with van der Waals surface area (Å²) >= 11 is 0. The molecule has 1 amide bonds. The Morgan fingerprint density at radius 3 is 2.79 bits per heavy atom. The molecule has 1 saturated carbocycles. The first-order valence-electron chi connectivity index (χ1n) is 6.27. The van der Waals surface area contributed by atoms with Gasteiger partial charge in [-0.15, -0.1) is 0 Å². The first-order valence-corrected chi connectivity index (χ1v) is 8.58. The van der Waals surface area contributed by atoms with Gasteiger partial charge in [0.1, 0.15) is 10.6 Å². The first-order chi connectivity index (χ1) is 8.86. The highest BCUT2D eigenvalue weighted by Crippen LogP contribution is 2.29. The van der Waals surface area contributed by atoms with Crippen molar-refractivity contribution in [3.8, 4) is 0 Å². The summed E-state index contributed by atoms with van der Waals surface area (Å²) in [4.78, 5) is 14.4. The molecule has 2 unspecified atom stereocenters. The van der Waals surface area contributed by atoms with Crippen molar-refractivity contribution in [1.29, 1.82) is 0 Å². The molecule has 0 bridgehead atoms. The number of nitrogens with one attached hydrogen (secondary N) is 2. The van der Waals surface area contributed by atoms with E-state index in [-0.39, 0.29) is 16.5 Å². The third-order valence-corrected chi connectivity index (χ3v) is 4.87. The molecule has 5 nitrogen and oxygen atoms in total. The summed E-state index contributed by atoms with van der Waals surface area (Å²) in [5.41, 5.74) is 0.213. The highest BCUT2D eigenvalue weighted by molar-refractivity contribution is 8.13. The topological polar surface area (TPSA) is 79.0 Å².